The lowest BCUT2D eigenvalue weighted by atomic mass is 10.0. The number of likely N-dealkylation sites (tertiary alicyclic amines) is 1. The maximum atomic E-state index is 12.3. The minimum absolute atomic E-state index is 0.0713. The predicted molar refractivity (Wildman–Crippen MR) is 99.3 cm³/mol. The molecule has 6 heteroatoms. The lowest BCUT2D eigenvalue weighted by Crippen LogP contribution is -2.34. The van der Waals surface area contributed by atoms with Crippen LogP contribution in [0, 0.1) is 5.92 Å². The zero-order valence-electron chi connectivity index (χ0n) is 14.7. The van der Waals surface area contributed by atoms with Crippen molar-refractivity contribution in [2.24, 2.45) is 5.92 Å². The van der Waals surface area contributed by atoms with E-state index in [0.717, 1.165) is 6.54 Å². The van der Waals surface area contributed by atoms with Gasteiger partial charge in [0.25, 0.3) is 5.91 Å². The molecule has 1 aromatic carbocycles. The van der Waals surface area contributed by atoms with E-state index in [4.69, 9.17) is 0 Å². The normalized spacial score (nSPS) is 21.8. The molecule has 0 spiro atoms. The molecule has 3 rings (SSSR count). The fraction of sp³-hybridized carbons (Fsp3) is 0.632. The third-order valence-electron chi connectivity index (χ3n) is 5.30. The van der Waals surface area contributed by atoms with Crippen LogP contribution in [0.5, 0.6) is 0 Å². The quantitative estimate of drug-likeness (QED) is 0.870. The van der Waals surface area contributed by atoms with Crippen LogP contribution >= 0.6 is 0 Å². The Morgan fingerprint density at radius 1 is 1.04 bits per heavy atom. The molecule has 2 aliphatic heterocycles. The number of piperidine rings is 1. The van der Waals surface area contributed by atoms with Crippen LogP contribution in [0.2, 0.25) is 0 Å². The van der Waals surface area contributed by atoms with Crippen LogP contribution in [0.15, 0.2) is 24.3 Å². The molecule has 0 saturated carbocycles. The number of benzene rings is 1. The highest BCUT2D eigenvalue weighted by molar-refractivity contribution is 7.91. The summed E-state index contributed by atoms with van der Waals surface area (Å²) in [6, 6.07) is 7.85. The first kappa shape index (κ1) is 18.4. The van der Waals surface area contributed by atoms with Crippen molar-refractivity contribution in [3.8, 4) is 0 Å². The molecule has 0 radical (unpaired) electrons. The summed E-state index contributed by atoms with van der Waals surface area (Å²) in [5, 5.41) is 2.95. The fourth-order valence-electron chi connectivity index (χ4n) is 3.62. The third kappa shape index (κ3) is 5.54. The van der Waals surface area contributed by atoms with E-state index >= 15 is 0 Å². The Bertz CT molecular complexity index is 665. The monoisotopic (exact) mass is 364 g/mol. The lowest BCUT2D eigenvalue weighted by molar-refractivity contribution is 0.0946. The summed E-state index contributed by atoms with van der Waals surface area (Å²) in [4.78, 5) is 14.7. The highest BCUT2D eigenvalue weighted by atomic mass is 32.2. The van der Waals surface area contributed by atoms with Gasteiger partial charge < -0.3 is 5.32 Å². The Morgan fingerprint density at radius 2 is 1.68 bits per heavy atom. The molecule has 2 aliphatic rings. The van der Waals surface area contributed by atoms with Crippen molar-refractivity contribution >= 4 is 15.7 Å². The molecule has 1 aromatic rings. The van der Waals surface area contributed by atoms with E-state index in [2.05, 4.69) is 10.2 Å². The molecular weight excluding hydrogens is 336 g/mol. The Balaban J connectivity index is 1.45. The first-order valence-electron chi connectivity index (χ1n) is 9.32. The van der Waals surface area contributed by atoms with Crippen LogP contribution in [0.3, 0.4) is 0 Å². The van der Waals surface area contributed by atoms with E-state index in [0.29, 0.717) is 24.9 Å². The van der Waals surface area contributed by atoms with Crippen LogP contribution in [0.1, 0.15) is 48.0 Å². The molecule has 0 aliphatic carbocycles. The van der Waals surface area contributed by atoms with E-state index in [1.54, 1.807) is 0 Å². The topological polar surface area (TPSA) is 66.5 Å². The molecular formula is C19H28N2O3S. The Morgan fingerprint density at radius 3 is 2.32 bits per heavy atom. The second kappa shape index (κ2) is 8.32. The van der Waals surface area contributed by atoms with Crippen molar-refractivity contribution in [2.45, 2.75) is 38.6 Å². The summed E-state index contributed by atoms with van der Waals surface area (Å²) < 4.78 is 22.9. The molecule has 0 unspecified atom stereocenters. The standard InChI is InChI=1S/C19H28N2O3S/c22-19(20-14-16-8-12-25(23,24)13-9-16)18-6-4-17(5-7-18)15-21-10-2-1-3-11-21/h4-7,16H,1-3,8-15H2,(H,20,22). The van der Waals surface area contributed by atoms with E-state index in [1.807, 2.05) is 24.3 Å². The highest BCUT2D eigenvalue weighted by Gasteiger charge is 2.23. The number of carbonyl (C=O) groups is 1. The Hall–Kier alpha value is -1.40. The van der Waals surface area contributed by atoms with Gasteiger partial charge >= 0.3 is 0 Å². The second-order valence-corrected chi connectivity index (χ2v) is 9.64. The summed E-state index contributed by atoms with van der Waals surface area (Å²) in [5.41, 5.74) is 1.92. The molecule has 2 heterocycles. The number of nitrogens with zero attached hydrogens (tertiary/aromatic N) is 1. The molecule has 138 valence electrons. The van der Waals surface area contributed by atoms with Gasteiger partial charge in [-0.05, 0) is 62.4 Å². The van der Waals surface area contributed by atoms with E-state index in [1.165, 1.54) is 37.9 Å². The van der Waals surface area contributed by atoms with Crippen molar-refractivity contribution in [3.63, 3.8) is 0 Å². The van der Waals surface area contributed by atoms with E-state index in [9.17, 15) is 13.2 Å². The number of rotatable bonds is 5. The average Bonchev–Trinajstić information content (AvgIpc) is 2.62. The van der Waals surface area contributed by atoms with Gasteiger partial charge in [0.15, 0.2) is 0 Å². The van der Waals surface area contributed by atoms with Gasteiger partial charge in [0, 0.05) is 18.7 Å². The zero-order valence-corrected chi connectivity index (χ0v) is 15.6. The highest BCUT2D eigenvalue weighted by Crippen LogP contribution is 2.18. The maximum Gasteiger partial charge on any atom is 0.251 e. The fourth-order valence-corrected chi connectivity index (χ4v) is 5.21. The summed E-state index contributed by atoms with van der Waals surface area (Å²) in [6.45, 7) is 3.85. The largest absolute Gasteiger partial charge is 0.352 e. The maximum absolute atomic E-state index is 12.3. The van der Waals surface area contributed by atoms with Gasteiger partial charge in [-0.25, -0.2) is 8.42 Å². The van der Waals surface area contributed by atoms with Crippen LogP contribution < -0.4 is 5.32 Å². The summed E-state index contributed by atoms with van der Waals surface area (Å²) in [5.74, 6) is 0.695. The molecule has 2 saturated heterocycles. The van der Waals surface area contributed by atoms with Gasteiger partial charge in [-0.2, -0.15) is 0 Å². The van der Waals surface area contributed by atoms with Crippen LogP contribution in [-0.4, -0.2) is 50.4 Å². The average molecular weight is 365 g/mol. The number of nitrogens with one attached hydrogen (secondary N) is 1. The van der Waals surface area contributed by atoms with Crippen LogP contribution in [-0.2, 0) is 16.4 Å². The molecule has 1 amide bonds. The van der Waals surface area contributed by atoms with Gasteiger partial charge in [-0.3, -0.25) is 9.69 Å². The first-order valence-corrected chi connectivity index (χ1v) is 11.1. The van der Waals surface area contributed by atoms with Crippen molar-refractivity contribution in [1.82, 2.24) is 10.2 Å². The van der Waals surface area contributed by atoms with Crippen LogP contribution in [0.25, 0.3) is 0 Å². The SMILES string of the molecule is O=C(NCC1CCS(=O)(=O)CC1)c1ccc(CN2CCCCC2)cc1. The summed E-state index contributed by atoms with van der Waals surface area (Å²) in [6.07, 6.45) is 5.20. The molecule has 25 heavy (non-hydrogen) atoms. The van der Waals surface area contributed by atoms with Gasteiger partial charge in [-0.1, -0.05) is 18.6 Å². The smallest absolute Gasteiger partial charge is 0.251 e. The predicted octanol–water partition coefficient (Wildman–Crippen LogP) is 2.23. The lowest BCUT2D eigenvalue weighted by Gasteiger charge is -2.26. The molecule has 0 atom stereocenters. The Kier molecular flexibility index (Phi) is 6.12. The van der Waals surface area contributed by atoms with Gasteiger partial charge in [0.2, 0.25) is 0 Å². The second-order valence-electron chi connectivity index (χ2n) is 7.34. The van der Waals surface area contributed by atoms with Gasteiger partial charge in [0.1, 0.15) is 9.84 Å². The van der Waals surface area contributed by atoms with Crippen LogP contribution in [0.4, 0.5) is 0 Å². The minimum atomic E-state index is -2.84. The number of sulfone groups is 1. The minimum Gasteiger partial charge on any atom is -0.352 e. The van der Waals surface area contributed by atoms with E-state index in [-0.39, 0.29) is 23.3 Å². The Labute approximate surface area is 150 Å². The number of carbonyl (C=O) groups excluding carboxylic acids is 1. The summed E-state index contributed by atoms with van der Waals surface area (Å²) in [7, 11) is -2.84. The van der Waals surface area contributed by atoms with Crippen molar-refractivity contribution in [3.05, 3.63) is 35.4 Å². The van der Waals surface area contributed by atoms with Gasteiger partial charge in [-0.15, -0.1) is 0 Å². The van der Waals surface area contributed by atoms with Crippen molar-refractivity contribution in [1.29, 1.82) is 0 Å². The van der Waals surface area contributed by atoms with Crippen molar-refractivity contribution in [2.75, 3.05) is 31.1 Å². The first-order chi connectivity index (χ1) is 12.0. The summed E-state index contributed by atoms with van der Waals surface area (Å²) >= 11 is 0. The zero-order chi connectivity index (χ0) is 17.7. The van der Waals surface area contributed by atoms with E-state index < -0.39 is 9.84 Å². The molecule has 2 fully saturated rings. The van der Waals surface area contributed by atoms with Gasteiger partial charge in [0.05, 0.1) is 11.5 Å². The number of hydrogen-bond donors (Lipinski definition) is 1. The molecule has 0 bridgehead atoms. The number of hydrogen-bond acceptors (Lipinski definition) is 4. The molecule has 0 aromatic heterocycles. The molecule has 1 N–H and O–H groups in total. The third-order valence-corrected chi connectivity index (χ3v) is 7.01. The van der Waals surface area contributed by atoms with Crippen molar-refractivity contribution < 1.29 is 13.2 Å². The number of amides is 1. The molecule has 5 nitrogen and oxygen atoms in total.